The molecule has 3 heteroatoms. The molecule has 2 rings (SSSR count). The molecule has 1 aliphatic rings. The Morgan fingerprint density at radius 1 is 1.37 bits per heavy atom. The average molecular weight is 265 g/mol. The second-order valence-electron chi connectivity index (χ2n) is 5.57. The van der Waals surface area contributed by atoms with E-state index >= 15 is 0 Å². The first-order valence-electron chi connectivity index (χ1n) is 7.19. The average Bonchev–Trinajstić information content (AvgIpc) is 3.22. The highest BCUT2D eigenvalue weighted by Crippen LogP contribution is 2.30. The molecule has 0 heterocycles. The van der Waals surface area contributed by atoms with Crippen LogP contribution in [0.4, 0.5) is 4.39 Å². The molecule has 0 bridgehead atoms. The van der Waals surface area contributed by atoms with Gasteiger partial charge in [0.25, 0.3) is 0 Å². The van der Waals surface area contributed by atoms with Crippen LogP contribution >= 0.6 is 0 Å². The van der Waals surface area contributed by atoms with Gasteiger partial charge in [0.15, 0.2) is 0 Å². The lowest BCUT2D eigenvalue weighted by molar-refractivity contribution is 0.173. The molecule has 1 N–H and O–H groups in total. The molecule has 1 aromatic carbocycles. The fraction of sp³-hybridized carbons (Fsp3) is 0.625. The van der Waals surface area contributed by atoms with Crippen LogP contribution in [0, 0.1) is 11.7 Å². The van der Waals surface area contributed by atoms with E-state index in [9.17, 15) is 4.39 Å². The van der Waals surface area contributed by atoms with Gasteiger partial charge in [-0.1, -0.05) is 25.1 Å². The molecule has 0 amide bonds. The highest BCUT2D eigenvalue weighted by atomic mass is 19.1. The molecule has 1 aromatic rings. The molecular weight excluding hydrogens is 241 g/mol. The topological polar surface area (TPSA) is 21.3 Å². The molecule has 2 unspecified atom stereocenters. The molecular formula is C16H24FNO. The molecule has 1 fully saturated rings. The number of nitrogens with one attached hydrogen (secondary N) is 1. The van der Waals surface area contributed by atoms with Crippen LogP contribution in [0.2, 0.25) is 0 Å². The molecule has 1 saturated carbocycles. The highest BCUT2D eigenvalue weighted by molar-refractivity contribution is 5.23. The first-order valence-corrected chi connectivity index (χ1v) is 7.19. The van der Waals surface area contributed by atoms with Crippen LogP contribution in [0.5, 0.6) is 0 Å². The minimum atomic E-state index is -0.0886. The monoisotopic (exact) mass is 265 g/mol. The van der Waals surface area contributed by atoms with Crippen molar-refractivity contribution in [1.29, 1.82) is 0 Å². The summed E-state index contributed by atoms with van der Waals surface area (Å²) in [6.45, 7) is 3.77. The molecule has 106 valence electrons. The summed E-state index contributed by atoms with van der Waals surface area (Å²) in [5, 5.41) is 3.53. The van der Waals surface area contributed by atoms with Crippen molar-refractivity contribution in [3.63, 3.8) is 0 Å². The van der Waals surface area contributed by atoms with Crippen molar-refractivity contribution < 1.29 is 9.13 Å². The normalized spacial score (nSPS) is 18.3. The number of benzene rings is 1. The van der Waals surface area contributed by atoms with Gasteiger partial charge in [0.2, 0.25) is 0 Å². The number of methoxy groups -OCH3 is 1. The lowest BCUT2D eigenvalue weighted by atomic mass is 9.85. The van der Waals surface area contributed by atoms with Gasteiger partial charge >= 0.3 is 0 Å². The van der Waals surface area contributed by atoms with Crippen molar-refractivity contribution in [1.82, 2.24) is 5.32 Å². The molecule has 0 aliphatic heterocycles. The first kappa shape index (κ1) is 14.5. The summed E-state index contributed by atoms with van der Waals surface area (Å²) in [5.74, 6) is 0.536. The number of hydrogen-bond donors (Lipinski definition) is 1. The van der Waals surface area contributed by atoms with Crippen LogP contribution in [-0.2, 0) is 4.74 Å². The van der Waals surface area contributed by atoms with E-state index < -0.39 is 0 Å². The Morgan fingerprint density at radius 3 is 2.74 bits per heavy atom. The Kier molecular flexibility index (Phi) is 5.34. The third-order valence-corrected chi connectivity index (χ3v) is 3.97. The molecule has 0 saturated heterocycles. The smallest absolute Gasteiger partial charge is 0.126 e. The van der Waals surface area contributed by atoms with Gasteiger partial charge in [-0.15, -0.1) is 0 Å². The Morgan fingerprint density at radius 2 is 2.11 bits per heavy atom. The molecule has 0 radical (unpaired) electrons. The minimum absolute atomic E-state index is 0.0886. The van der Waals surface area contributed by atoms with Gasteiger partial charge in [0.05, 0.1) is 0 Å². The Hall–Kier alpha value is -0.930. The number of halogens is 1. The zero-order chi connectivity index (χ0) is 13.7. The van der Waals surface area contributed by atoms with Crippen LogP contribution in [-0.4, -0.2) is 26.3 Å². The maximum absolute atomic E-state index is 14.0. The van der Waals surface area contributed by atoms with Crippen LogP contribution < -0.4 is 5.32 Å². The van der Waals surface area contributed by atoms with E-state index in [1.54, 1.807) is 19.2 Å². The van der Waals surface area contributed by atoms with Gasteiger partial charge in [-0.25, -0.2) is 4.39 Å². The third kappa shape index (κ3) is 4.29. The van der Waals surface area contributed by atoms with E-state index in [0.29, 0.717) is 12.0 Å². The summed E-state index contributed by atoms with van der Waals surface area (Å²) in [6, 6.07) is 7.81. The van der Waals surface area contributed by atoms with Gasteiger partial charge in [0, 0.05) is 32.2 Å². The van der Waals surface area contributed by atoms with Crippen molar-refractivity contribution in [2.24, 2.45) is 5.92 Å². The quantitative estimate of drug-likeness (QED) is 0.778. The van der Waals surface area contributed by atoms with Crippen molar-refractivity contribution in [2.45, 2.75) is 38.1 Å². The fourth-order valence-corrected chi connectivity index (χ4v) is 2.48. The standard InChI is InChI=1S/C16H24FNO/c1-12(9-10-19-2)15(11-18-13-7-8-13)14-5-3-4-6-16(14)17/h3-6,12-13,15,18H,7-11H2,1-2H3. The number of ether oxygens (including phenoxy) is 1. The SMILES string of the molecule is COCCC(C)C(CNC1CC1)c1ccccc1F. The van der Waals surface area contributed by atoms with E-state index in [1.165, 1.54) is 12.8 Å². The van der Waals surface area contributed by atoms with E-state index in [-0.39, 0.29) is 11.7 Å². The summed E-state index contributed by atoms with van der Waals surface area (Å²) in [4.78, 5) is 0. The zero-order valence-corrected chi connectivity index (χ0v) is 11.9. The van der Waals surface area contributed by atoms with Gasteiger partial charge in [0.1, 0.15) is 5.82 Å². The van der Waals surface area contributed by atoms with Crippen molar-refractivity contribution in [2.75, 3.05) is 20.3 Å². The molecule has 0 aromatic heterocycles. The number of hydrogen-bond acceptors (Lipinski definition) is 2. The van der Waals surface area contributed by atoms with Crippen LogP contribution in [0.1, 0.15) is 37.7 Å². The Labute approximate surface area is 115 Å². The zero-order valence-electron chi connectivity index (χ0n) is 11.9. The maximum atomic E-state index is 14.0. The molecule has 2 atom stereocenters. The van der Waals surface area contributed by atoms with E-state index in [4.69, 9.17) is 4.74 Å². The second-order valence-corrected chi connectivity index (χ2v) is 5.57. The summed E-state index contributed by atoms with van der Waals surface area (Å²) < 4.78 is 19.2. The highest BCUT2D eigenvalue weighted by Gasteiger charge is 2.26. The molecule has 0 spiro atoms. The summed E-state index contributed by atoms with van der Waals surface area (Å²) in [5.41, 5.74) is 0.833. The molecule has 19 heavy (non-hydrogen) atoms. The minimum Gasteiger partial charge on any atom is -0.385 e. The lowest BCUT2D eigenvalue weighted by Gasteiger charge is -2.25. The van der Waals surface area contributed by atoms with E-state index in [1.807, 2.05) is 12.1 Å². The van der Waals surface area contributed by atoms with Crippen LogP contribution in [0.25, 0.3) is 0 Å². The summed E-state index contributed by atoms with van der Waals surface area (Å²) >= 11 is 0. The Bertz CT molecular complexity index is 392. The predicted octanol–water partition coefficient (Wildman–Crippen LogP) is 3.33. The van der Waals surface area contributed by atoms with E-state index in [0.717, 1.165) is 25.1 Å². The van der Waals surface area contributed by atoms with E-state index in [2.05, 4.69) is 12.2 Å². The Balaban J connectivity index is 2.05. The molecule has 1 aliphatic carbocycles. The van der Waals surface area contributed by atoms with Crippen LogP contribution in [0.3, 0.4) is 0 Å². The number of rotatable bonds is 8. The fourth-order valence-electron chi connectivity index (χ4n) is 2.48. The van der Waals surface area contributed by atoms with Gasteiger partial charge in [-0.3, -0.25) is 0 Å². The van der Waals surface area contributed by atoms with Gasteiger partial charge < -0.3 is 10.1 Å². The summed E-state index contributed by atoms with van der Waals surface area (Å²) in [6.07, 6.45) is 3.48. The maximum Gasteiger partial charge on any atom is 0.126 e. The predicted molar refractivity (Wildman–Crippen MR) is 75.8 cm³/mol. The first-order chi connectivity index (χ1) is 9.22. The van der Waals surface area contributed by atoms with Crippen molar-refractivity contribution in [3.8, 4) is 0 Å². The third-order valence-electron chi connectivity index (χ3n) is 3.97. The van der Waals surface area contributed by atoms with Gasteiger partial charge in [-0.2, -0.15) is 0 Å². The largest absolute Gasteiger partial charge is 0.385 e. The van der Waals surface area contributed by atoms with Crippen molar-refractivity contribution in [3.05, 3.63) is 35.6 Å². The second kappa shape index (κ2) is 7.01. The molecule has 2 nitrogen and oxygen atoms in total. The van der Waals surface area contributed by atoms with Crippen LogP contribution in [0.15, 0.2) is 24.3 Å². The van der Waals surface area contributed by atoms with Gasteiger partial charge in [-0.05, 0) is 36.8 Å². The van der Waals surface area contributed by atoms with Crippen molar-refractivity contribution >= 4 is 0 Å². The lowest BCUT2D eigenvalue weighted by Crippen LogP contribution is -2.28. The summed E-state index contributed by atoms with van der Waals surface area (Å²) in [7, 11) is 1.72.